The number of ether oxygens (including phenoxy) is 1. The number of rotatable bonds is 2. The van der Waals surface area contributed by atoms with Gasteiger partial charge in [-0.1, -0.05) is 24.3 Å². The largest absolute Gasteiger partial charge is 0.492 e. The van der Waals surface area contributed by atoms with Crippen LogP contribution in [0.15, 0.2) is 36.4 Å². The van der Waals surface area contributed by atoms with Gasteiger partial charge >= 0.3 is 0 Å². The van der Waals surface area contributed by atoms with Gasteiger partial charge < -0.3 is 10.5 Å². The molecule has 2 N–H and O–H groups in total. The number of hydrogen-bond acceptors (Lipinski definition) is 3. The van der Waals surface area contributed by atoms with E-state index >= 15 is 0 Å². The topological polar surface area (TPSA) is 52.3 Å². The molecule has 0 bridgehead atoms. The first-order chi connectivity index (χ1) is 8.72. The lowest BCUT2D eigenvalue weighted by molar-refractivity contribution is 0.104. The van der Waals surface area contributed by atoms with Crippen LogP contribution in [-0.2, 0) is 0 Å². The molecule has 0 aliphatic heterocycles. The van der Waals surface area contributed by atoms with Gasteiger partial charge in [0.05, 0.1) is 12.3 Å². The Morgan fingerprint density at radius 2 is 1.78 bits per heavy atom. The van der Waals surface area contributed by atoms with Crippen molar-refractivity contribution in [3.05, 3.63) is 47.5 Å². The molecular formula is C15H13NO2. The zero-order chi connectivity index (χ0) is 12.7. The summed E-state index contributed by atoms with van der Waals surface area (Å²) in [5.74, 6) is 0.677. The van der Waals surface area contributed by atoms with Crippen LogP contribution in [0.25, 0.3) is 11.1 Å². The van der Waals surface area contributed by atoms with Gasteiger partial charge in [-0.3, -0.25) is 4.79 Å². The van der Waals surface area contributed by atoms with Gasteiger partial charge in [-0.05, 0) is 30.2 Å². The maximum atomic E-state index is 12.2. The molecule has 1 aliphatic rings. The molecule has 0 amide bonds. The lowest BCUT2D eigenvalue weighted by Crippen LogP contribution is -2.00. The number of fused-ring (bicyclic) bond motifs is 3. The van der Waals surface area contributed by atoms with E-state index in [0.717, 1.165) is 16.7 Å². The van der Waals surface area contributed by atoms with Crippen LogP contribution in [0, 0.1) is 0 Å². The number of carbonyl (C=O) groups excluding carboxylic acids is 1. The smallest absolute Gasteiger partial charge is 0.194 e. The minimum absolute atomic E-state index is 0.0374. The summed E-state index contributed by atoms with van der Waals surface area (Å²) in [5, 5.41) is 0. The number of nitrogen functional groups attached to an aromatic ring is 1. The summed E-state index contributed by atoms with van der Waals surface area (Å²) in [6, 6.07) is 11.2. The highest BCUT2D eigenvalue weighted by molar-refractivity contribution is 6.22. The third kappa shape index (κ3) is 1.40. The van der Waals surface area contributed by atoms with Gasteiger partial charge in [0.1, 0.15) is 5.75 Å². The van der Waals surface area contributed by atoms with E-state index < -0.39 is 0 Å². The van der Waals surface area contributed by atoms with Crippen molar-refractivity contribution >= 4 is 11.5 Å². The maximum Gasteiger partial charge on any atom is 0.194 e. The average molecular weight is 239 g/mol. The average Bonchev–Trinajstić information content (AvgIpc) is 2.65. The third-order valence-corrected chi connectivity index (χ3v) is 3.16. The molecule has 0 spiro atoms. The van der Waals surface area contributed by atoms with E-state index in [-0.39, 0.29) is 5.78 Å². The Bertz CT molecular complexity index is 647. The number of hydrogen-bond donors (Lipinski definition) is 1. The molecule has 3 nitrogen and oxygen atoms in total. The second kappa shape index (κ2) is 3.88. The molecule has 0 aromatic heterocycles. The molecule has 90 valence electrons. The highest BCUT2D eigenvalue weighted by Gasteiger charge is 2.27. The fourth-order valence-electron chi connectivity index (χ4n) is 2.35. The second-order valence-electron chi connectivity index (χ2n) is 4.24. The molecular weight excluding hydrogens is 226 g/mol. The van der Waals surface area contributed by atoms with Gasteiger partial charge in [-0.25, -0.2) is 0 Å². The molecule has 2 aromatic rings. The number of benzene rings is 2. The second-order valence-corrected chi connectivity index (χ2v) is 4.24. The molecule has 0 atom stereocenters. The zero-order valence-corrected chi connectivity index (χ0v) is 10.1. The lowest BCUT2D eigenvalue weighted by atomic mass is 10.0. The summed E-state index contributed by atoms with van der Waals surface area (Å²) >= 11 is 0. The van der Waals surface area contributed by atoms with Crippen molar-refractivity contribution in [1.29, 1.82) is 0 Å². The molecule has 0 heterocycles. The summed E-state index contributed by atoms with van der Waals surface area (Å²) in [6.45, 7) is 2.46. The fourth-order valence-corrected chi connectivity index (χ4v) is 2.35. The normalized spacial score (nSPS) is 12.2. The Kier molecular flexibility index (Phi) is 2.33. The van der Waals surface area contributed by atoms with E-state index in [9.17, 15) is 4.79 Å². The van der Waals surface area contributed by atoms with E-state index in [1.54, 1.807) is 6.07 Å². The minimum atomic E-state index is 0.0374. The van der Waals surface area contributed by atoms with Crippen molar-refractivity contribution in [3.63, 3.8) is 0 Å². The van der Waals surface area contributed by atoms with Crippen LogP contribution in [-0.4, -0.2) is 12.4 Å². The molecule has 18 heavy (non-hydrogen) atoms. The Hall–Kier alpha value is -2.29. The van der Waals surface area contributed by atoms with Crippen molar-refractivity contribution < 1.29 is 9.53 Å². The van der Waals surface area contributed by atoms with Crippen LogP contribution in [0.1, 0.15) is 22.8 Å². The molecule has 0 unspecified atom stereocenters. The van der Waals surface area contributed by atoms with Crippen molar-refractivity contribution in [2.24, 2.45) is 0 Å². The van der Waals surface area contributed by atoms with Crippen molar-refractivity contribution in [2.45, 2.75) is 6.92 Å². The van der Waals surface area contributed by atoms with Gasteiger partial charge in [0.25, 0.3) is 0 Å². The van der Waals surface area contributed by atoms with Gasteiger partial charge in [0.2, 0.25) is 0 Å². The number of nitrogens with two attached hydrogens (primary N) is 1. The highest BCUT2D eigenvalue weighted by Crippen LogP contribution is 2.40. The van der Waals surface area contributed by atoms with Gasteiger partial charge in [0, 0.05) is 11.1 Å². The van der Waals surface area contributed by atoms with E-state index in [2.05, 4.69) is 0 Å². The van der Waals surface area contributed by atoms with Gasteiger partial charge in [-0.2, -0.15) is 0 Å². The Morgan fingerprint density at radius 1 is 1.06 bits per heavy atom. The molecule has 0 radical (unpaired) electrons. The molecule has 0 fully saturated rings. The number of ketones is 1. The standard InChI is InChI=1S/C15H13NO2/c1-2-18-14-8-11-9-5-3-4-6-10(9)15(17)12(11)7-13(14)16/h3-8H,2,16H2,1H3. The Labute approximate surface area is 105 Å². The van der Waals surface area contributed by atoms with Crippen molar-refractivity contribution in [3.8, 4) is 16.9 Å². The fraction of sp³-hybridized carbons (Fsp3) is 0.133. The number of carbonyl (C=O) groups is 1. The SMILES string of the molecule is CCOc1cc2c(cc1N)C(=O)c1ccccc1-2. The van der Waals surface area contributed by atoms with E-state index in [1.807, 2.05) is 37.3 Å². The van der Waals surface area contributed by atoms with Crippen molar-refractivity contribution in [1.82, 2.24) is 0 Å². The molecule has 3 rings (SSSR count). The van der Waals surface area contributed by atoms with Crippen LogP contribution in [0.3, 0.4) is 0 Å². The first-order valence-corrected chi connectivity index (χ1v) is 5.92. The quantitative estimate of drug-likeness (QED) is 0.699. The third-order valence-electron chi connectivity index (χ3n) is 3.16. The van der Waals surface area contributed by atoms with E-state index in [0.29, 0.717) is 23.6 Å². The van der Waals surface area contributed by atoms with Crippen LogP contribution in [0.2, 0.25) is 0 Å². The maximum absolute atomic E-state index is 12.2. The van der Waals surface area contributed by atoms with Crippen LogP contribution in [0.5, 0.6) is 5.75 Å². The molecule has 0 saturated carbocycles. The number of anilines is 1. The molecule has 3 heteroatoms. The molecule has 1 aliphatic carbocycles. The summed E-state index contributed by atoms with van der Waals surface area (Å²) in [6.07, 6.45) is 0. The highest BCUT2D eigenvalue weighted by atomic mass is 16.5. The molecule has 2 aromatic carbocycles. The first-order valence-electron chi connectivity index (χ1n) is 5.92. The lowest BCUT2D eigenvalue weighted by Gasteiger charge is -2.09. The van der Waals surface area contributed by atoms with E-state index in [1.165, 1.54) is 0 Å². The summed E-state index contributed by atoms with van der Waals surface area (Å²) in [7, 11) is 0. The summed E-state index contributed by atoms with van der Waals surface area (Å²) in [4.78, 5) is 12.2. The Balaban J connectivity index is 2.24. The Morgan fingerprint density at radius 3 is 2.50 bits per heavy atom. The van der Waals surface area contributed by atoms with Gasteiger partial charge in [-0.15, -0.1) is 0 Å². The first kappa shape index (κ1) is 10.8. The summed E-state index contributed by atoms with van der Waals surface area (Å²) in [5.41, 5.74) is 9.68. The van der Waals surface area contributed by atoms with E-state index in [4.69, 9.17) is 10.5 Å². The van der Waals surface area contributed by atoms with Crippen LogP contribution >= 0.6 is 0 Å². The predicted molar refractivity (Wildman–Crippen MR) is 70.9 cm³/mol. The van der Waals surface area contributed by atoms with Crippen LogP contribution < -0.4 is 10.5 Å². The van der Waals surface area contributed by atoms with Crippen molar-refractivity contribution in [2.75, 3.05) is 12.3 Å². The minimum Gasteiger partial charge on any atom is -0.492 e. The predicted octanol–water partition coefficient (Wildman–Crippen LogP) is 2.88. The molecule has 0 saturated heterocycles. The summed E-state index contributed by atoms with van der Waals surface area (Å²) < 4.78 is 5.48. The van der Waals surface area contributed by atoms with Crippen LogP contribution in [0.4, 0.5) is 5.69 Å². The monoisotopic (exact) mass is 239 g/mol. The van der Waals surface area contributed by atoms with Gasteiger partial charge in [0.15, 0.2) is 5.78 Å². The zero-order valence-electron chi connectivity index (χ0n) is 10.1.